The fourth-order valence-corrected chi connectivity index (χ4v) is 3.77. The summed E-state index contributed by atoms with van der Waals surface area (Å²) in [6.45, 7) is 8.58. The number of aliphatic hydroxyl groups excluding tert-OH is 2. The van der Waals surface area contributed by atoms with E-state index in [1.54, 1.807) is 32.9 Å². The molecule has 2 aromatic rings. The highest BCUT2D eigenvalue weighted by Gasteiger charge is 2.54. The molecule has 0 bridgehead atoms. The standard InChI is InChI=1S/C22H34N6O6/c1-10(2)15(23)20(31)27-19-12-6-7-14(28(12)26-9-25-19)22(5)18(30)17(29)13(34-22)8-33-21(32)16(24)11(3)4/h6-7,9-11,13,15-18,29-30H,8,23-24H2,1-5H3,(H,25,26,27,31)/t13-,15+,16+,17-,18-,22+/m1/s1. The lowest BCUT2D eigenvalue weighted by Crippen LogP contribution is -2.41. The highest BCUT2D eigenvalue weighted by atomic mass is 16.6. The minimum atomic E-state index is -1.40. The number of carbonyl (C=O) groups is 2. The van der Waals surface area contributed by atoms with Gasteiger partial charge in [0.25, 0.3) is 0 Å². The van der Waals surface area contributed by atoms with Crippen molar-refractivity contribution < 1.29 is 29.3 Å². The van der Waals surface area contributed by atoms with Gasteiger partial charge in [-0.25, -0.2) is 9.50 Å². The zero-order valence-electron chi connectivity index (χ0n) is 20.0. The molecule has 0 spiro atoms. The summed E-state index contributed by atoms with van der Waals surface area (Å²) in [5, 5.41) is 28.4. The average molecular weight is 479 g/mol. The molecule has 3 heterocycles. The minimum absolute atomic E-state index is 0.0660. The predicted molar refractivity (Wildman–Crippen MR) is 122 cm³/mol. The molecule has 1 aliphatic heterocycles. The van der Waals surface area contributed by atoms with Crippen molar-refractivity contribution in [2.75, 3.05) is 11.9 Å². The molecule has 1 saturated heterocycles. The number of rotatable bonds is 8. The number of amides is 1. The number of aromatic nitrogens is 3. The molecule has 0 saturated carbocycles. The number of nitrogens with one attached hydrogen (secondary N) is 1. The molecule has 3 rings (SSSR count). The number of nitrogens with two attached hydrogens (primary N) is 2. The van der Waals surface area contributed by atoms with Gasteiger partial charge in [0.15, 0.2) is 5.82 Å². The number of hydrogen-bond acceptors (Lipinski definition) is 10. The fourth-order valence-electron chi connectivity index (χ4n) is 3.77. The van der Waals surface area contributed by atoms with Gasteiger partial charge < -0.3 is 36.5 Å². The smallest absolute Gasteiger partial charge is 0.323 e. The zero-order valence-corrected chi connectivity index (χ0v) is 20.0. The van der Waals surface area contributed by atoms with Crippen molar-refractivity contribution >= 4 is 23.2 Å². The molecule has 1 fully saturated rings. The van der Waals surface area contributed by atoms with Gasteiger partial charge in [-0.3, -0.25) is 9.59 Å². The van der Waals surface area contributed by atoms with E-state index in [9.17, 15) is 19.8 Å². The lowest BCUT2D eigenvalue weighted by Gasteiger charge is -2.27. The van der Waals surface area contributed by atoms with Crippen molar-refractivity contribution in [3.05, 3.63) is 24.2 Å². The van der Waals surface area contributed by atoms with E-state index in [1.807, 2.05) is 13.8 Å². The fraction of sp³-hybridized carbons (Fsp3) is 0.636. The zero-order chi connectivity index (χ0) is 25.4. The maximum absolute atomic E-state index is 12.4. The van der Waals surface area contributed by atoms with Crippen molar-refractivity contribution in [2.24, 2.45) is 23.3 Å². The second-order valence-electron chi connectivity index (χ2n) is 9.48. The Morgan fingerprint density at radius 2 is 1.85 bits per heavy atom. The average Bonchev–Trinajstić information content (AvgIpc) is 3.33. The van der Waals surface area contributed by atoms with Crippen LogP contribution < -0.4 is 16.8 Å². The number of esters is 1. The number of ether oxygens (including phenoxy) is 2. The molecule has 0 unspecified atom stereocenters. The Hall–Kier alpha value is -2.64. The summed E-state index contributed by atoms with van der Waals surface area (Å²) >= 11 is 0. The van der Waals surface area contributed by atoms with Gasteiger partial charge in [0.05, 0.1) is 11.7 Å². The lowest BCUT2D eigenvalue weighted by molar-refractivity contribution is -0.154. The first kappa shape index (κ1) is 26.0. The van der Waals surface area contributed by atoms with Crippen LogP contribution in [0, 0.1) is 11.8 Å². The van der Waals surface area contributed by atoms with Crippen LogP contribution in [0.1, 0.15) is 40.3 Å². The molecular weight excluding hydrogens is 444 g/mol. The summed E-state index contributed by atoms with van der Waals surface area (Å²) in [5.74, 6) is -0.946. The molecule has 2 aromatic heterocycles. The summed E-state index contributed by atoms with van der Waals surface area (Å²) in [6, 6.07) is 1.79. The first-order chi connectivity index (χ1) is 15.9. The van der Waals surface area contributed by atoms with Crippen LogP contribution in [0.5, 0.6) is 0 Å². The number of hydrogen-bond donors (Lipinski definition) is 5. The number of aliphatic hydroxyl groups is 2. The Balaban J connectivity index is 1.83. The molecule has 12 nitrogen and oxygen atoms in total. The highest BCUT2D eigenvalue weighted by molar-refractivity contribution is 5.97. The maximum atomic E-state index is 12.4. The van der Waals surface area contributed by atoms with Crippen LogP contribution in [-0.2, 0) is 24.7 Å². The summed E-state index contributed by atoms with van der Waals surface area (Å²) in [7, 11) is 0. The van der Waals surface area contributed by atoms with Crippen LogP contribution >= 0.6 is 0 Å². The van der Waals surface area contributed by atoms with E-state index in [-0.39, 0.29) is 24.3 Å². The number of carbonyl (C=O) groups excluding carboxylic acids is 2. The largest absolute Gasteiger partial charge is 0.462 e. The number of nitrogens with zero attached hydrogens (tertiary/aromatic N) is 3. The van der Waals surface area contributed by atoms with Crippen LogP contribution in [0.15, 0.2) is 18.5 Å². The molecule has 0 radical (unpaired) electrons. The van der Waals surface area contributed by atoms with E-state index < -0.39 is 47.9 Å². The van der Waals surface area contributed by atoms with Gasteiger partial charge in [0, 0.05) is 0 Å². The topological polar surface area (TPSA) is 187 Å². The third-order valence-electron chi connectivity index (χ3n) is 6.27. The first-order valence-electron chi connectivity index (χ1n) is 11.2. The van der Waals surface area contributed by atoms with E-state index in [0.717, 1.165) is 0 Å². The summed E-state index contributed by atoms with van der Waals surface area (Å²) < 4.78 is 12.7. The summed E-state index contributed by atoms with van der Waals surface area (Å²) in [6.07, 6.45) is -2.42. The number of fused-ring (bicyclic) bond motifs is 1. The Morgan fingerprint density at radius 3 is 2.47 bits per heavy atom. The van der Waals surface area contributed by atoms with Crippen LogP contribution in [-0.4, -0.2) is 73.7 Å². The third kappa shape index (κ3) is 4.77. The molecule has 0 aromatic carbocycles. The second kappa shape index (κ2) is 9.92. The molecule has 12 heteroatoms. The van der Waals surface area contributed by atoms with E-state index in [4.69, 9.17) is 20.9 Å². The van der Waals surface area contributed by atoms with Crippen molar-refractivity contribution in [1.29, 1.82) is 0 Å². The van der Waals surface area contributed by atoms with Gasteiger partial charge in [-0.05, 0) is 30.9 Å². The van der Waals surface area contributed by atoms with Crippen LogP contribution in [0.4, 0.5) is 5.82 Å². The van der Waals surface area contributed by atoms with Gasteiger partial charge in [-0.1, -0.05) is 27.7 Å². The van der Waals surface area contributed by atoms with Gasteiger partial charge in [-0.2, -0.15) is 5.10 Å². The first-order valence-corrected chi connectivity index (χ1v) is 11.2. The quantitative estimate of drug-likeness (QED) is 0.310. The van der Waals surface area contributed by atoms with Gasteiger partial charge in [0.2, 0.25) is 5.91 Å². The molecule has 0 aliphatic carbocycles. The molecule has 188 valence electrons. The van der Waals surface area contributed by atoms with Gasteiger partial charge in [-0.15, -0.1) is 0 Å². The summed E-state index contributed by atoms with van der Waals surface area (Å²) in [4.78, 5) is 28.7. The molecule has 7 N–H and O–H groups in total. The van der Waals surface area contributed by atoms with Crippen molar-refractivity contribution in [1.82, 2.24) is 14.6 Å². The van der Waals surface area contributed by atoms with E-state index in [1.165, 1.54) is 10.8 Å². The minimum Gasteiger partial charge on any atom is -0.462 e. The summed E-state index contributed by atoms with van der Waals surface area (Å²) in [5.41, 5.74) is 11.2. The molecular formula is C22H34N6O6. The Bertz CT molecular complexity index is 1040. The Morgan fingerprint density at radius 1 is 1.21 bits per heavy atom. The molecule has 1 aliphatic rings. The van der Waals surface area contributed by atoms with E-state index in [0.29, 0.717) is 11.2 Å². The normalized spacial score (nSPS) is 26.7. The second-order valence-corrected chi connectivity index (χ2v) is 9.48. The molecule has 6 atom stereocenters. The maximum Gasteiger partial charge on any atom is 0.323 e. The Kier molecular flexibility index (Phi) is 7.58. The van der Waals surface area contributed by atoms with Gasteiger partial charge in [0.1, 0.15) is 48.4 Å². The SMILES string of the molecule is CC(C)[C@H](N)C(=O)Nc1ncnn2c([C@]3(C)O[C@H](COC(=O)[C@@H](N)C(C)C)[C@@H](O)[C@H]3O)ccc12. The van der Waals surface area contributed by atoms with Crippen molar-refractivity contribution in [3.63, 3.8) is 0 Å². The number of anilines is 1. The van der Waals surface area contributed by atoms with Crippen LogP contribution in [0.25, 0.3) is 5.52 Å². The third-order valence-corrected chi connectivity index (χ3v) is 6.27. The highest BCUT2D eigenvalue weighted by Crippen LogP contribution is 2.40. The van der Waals surface area contributed by atoms with Crippen LogP contribution in [0.2, 0.25) is 0 Å². The van der Waals surface area contributed by atoms with Crippen molar-refractivity contribution in [3.8, 4) is 0 Å². The molecule has 34 heavy (non-hydrogen) atoms. The lowest BCUT2D eigenvalue weighted by atomic mass is 9.93. The van der Waals surface area contributed by atoms with Crippen LogP contribution in [0.3, 0.4) is 0 Å². The van der Waals surface area contributed by atoms with E-state index >= 15 is 0 Å². The van der Waals surface area contributed by atoms with E-state index in [2.05, 4.69) is 15.4 Å². The Labute approximate surface area is 197 Å². The monoisotopic (exact) mass is 478 g/mol. The van der Waals surface area contributed by atoms with Crippen molar-refractivity contribution in [2.45, 2.75) is 70.6 Å². The van der Waals surface area contributed by atoms with Gasteiger partial charge >= 0.3 is 5.97 Å². The molecule has 1 amide bonds. The predicted octanol–water partition coefficient (Wildman–Crippen LogP) is -0.487.